The fourth-order valence-corrected chi connectivity index (χ4v) is 0.828. The molecule has 0 aromatic rings. The molecule has 1 aliphatic heterocycles. The van der Waals surface area contributed by atoms with Gasteiger partial charge in [-0.25, -0.2) is 4.57 Å². The lowest BCUT2D eigenvalue weighted by Crippen LogP contribution is -2.31. The predicted octanol–water partition coefficient (Wildman–Crippen LogP) is -2.83. The van der Waals surface area contributed by atoms with E-state index < -0.39 is 26.1 Å². The first-order valence-electron chi connectivity index (χ1n) is 3.62. The summed E-state index contributed by atoms with van der Waals surface area (Å²) < 4.78 is 13.7. The van der Waals surface area contributed by atoms with Gasteiger partial charge < -0.3 is 34.7 Å². The number of rotatable bonds is 1. The summed E-state index contributed by atoms with van der Waals surface area (Å²) in [6.45, 7) is -0.120. The number of ether oxygens (including phenoxy) is 1. The third kappa shape index (κ3) is 6.41. The first-order chi connectivity index (χ1) is 6.25. The first-order valence-corrected chi connectivity index (χ1v) is 5.19. The molecule has 0 bridgehead atoms. The molecule has 0 radical (unpaired) electrons. The molecule has 0 aliphatic carbocycles. The molecular weight excluding hydrogens is 219 g/mol. The van der Waals surface area contributed by atoms with Gasteiger partial charge in [-0.2, -0.15) is 0 Å². The second kappa shape index (κ2) is 5.74. The van der Waals surface area contributed by atoms with Gasteiger partial charge in [0.15, 0.2) is 0 Å². The van der Waals surface area contributed by atoms with Gasteiger partial charge in [-0.3, -0.25) is 0 Å². The number of phosphoric acid groups is 1. The number of hydrogen-bond donors (Lipinski definition) is 6. The van der Waals surface area contributed by atoms with E-state index in [0.717, 1.165) is 0 Å². The zero-order valence-corrected chi connectivity index (χ0v) is 7.99. The normalized spacial score (nSPS) is 32.3. The minimum absolute atomic E-state index is 0.117. The third-order valence-electron chi connectivity index (χ3n) is 1.44. The summed E-state index contributed by atoms with van der Waals surface area (Å²) in [5.74, 6) is 0. The van der Waals surface area contributed by atoms with Crippen LogP contribution >= 0.6 is 7.82 Å². The lowest BCUT2D eigenvalue weighted by atomic mass is 10.2. The molecule has 3 atom stereocenters. The highest BCUT2D eigenvalue weighted by Gasteiger charge is 2.33. The van der Waals surface area contributed by atoms with Gasteiger partial charge >= 0.3 is 7.82 Å². The molecular formula is C5H13O8P. The average molecular weight is 232 g/mol. The molecule has 86 valence electrons. The summed E-state index contributed by atoms with van der Waals surface area (Å²) >= 11 is 0. The Morgan fingerprint density at radius 2 is 1.71 bits per heavy atom. The molecule has 6 N–H and O–H groups in total. The Morgan fingerprint density at radius 3 is 1.86 bits per heavy atom. The van der Waals surface area contributed by atoms with Crippen molar-refractivity contribution in [3.8, 4) is 0 Å². The molecule has 1 fully saturated rings. The monoisotopic (exact) mass is 232 g/mol. The minimum Gasteiger partial charge on any atom is -0.394 e. The minimum atomic E-state index is -4.64. The van der Waals surface area contributed by atoms with Crippen LogP contribution in [0.4, 0.5) is 0 Å². The van der Waals surface area contributed by atoms with Crippen molar-refractivity contribution in [2.24, 2.45) is 0 Å². The van der Waals surface area contributed by atoms with Crippen LogP contribution in [0.3, 0.4) is 0 Å². The van der Waals surface area contributed by atoms with Crippen LogP contribution in [-0.2, 0) is 9.30 Å². The molecule has 0 aromatic heterocycles. The Labute approximate surface area is 79.6 Å². The zero-order valence-electron chi connectivity index (χ0n) is 7.09. The van der Waals surface area contributed by atoms with Gasteiger partial charge in [0.2, 0.25) is 0 Å². The molecule has 1 heterocycles. The van der Waals surface area contributed by atoms with Crippen LogP contribution in [0, 0.1) is 0 Å². The van der Waals surface area contributed by atoms with Crippen LogP contribution in [0.2, 0.25) is 0 Å². The molecule has 0 aromatic carbocycles. The van der Waals surface area contributed by atoms with E-state index in [0.29, 0.717) is 0 Å². The van der Waals surface area contributed by atoms with Crippen molar-refractivity contribution in [3.05, 3.63) is 0 Å². The molecule has 1 aliphatic rings. The van der Waals surface area contributed by atoms with Gasteiger partial charge in [0.05, 0.1) is 13.2 Å². The second-order valence-electron chi connectivity index (χ2n) is 2.63. The molecule has 0 spiro atoms. The van der Waals surface area contributed by atoms with Crippen LogP contribution in [0.5, 0.6) is 0 Å². The number of aliphatic hydroxyl groups excluding tert-OH is 3. The van der Waals surface area contributed by atoms with E-state index in [2.05, 4.69) is 0 Å². The SMILES string of the molecule is O=P(O)(O)O.OC[C@H]1OC[C@H](O)[C@@H]1O. The van der Waals surface area contributed by atoms with E-state index in [1.807, 2.05) is 0 Å². The summed E-state index contributed by atoms with van der Waals surface area (Å²) in [4.78, 5) is 21.6. The fraction of sp³-hybridized carbons (Fsp3) is 1.00. The Bertz CT molecular complexity index is 194. The van der Waals surface area contributed by atoms with Gasteiger partial charge in [0.25, 0.3) is 0 Å². The summed E-state index contributed by atoms with van der Waals surface area (Å²) in [6.07, 6.45) is -2.35. The van der Waals surface area contributed by atoms with Crippen LogP contribution in [-0.4, -0.2) is 61.5 Å². The van der Waals surface area contributed by atoms with Crippen LogP contribution in [0.15, 0.2) is 0 Å². The van der Waals surface area contributed by atoms with Gasteiger partial charge in [-0.05, 0) is 0 Å². The van der Waals surface area contributed by atoms with E-state index in [9.17, 15) is 0 Å². The van der Waals surface area contributed by atoms with Gasteiger partial charge in [-0.15, -0.1) is 0 Å². The highest BCUT2D eigenvalue weighted by Crippen LogP contribution is 2.25. The highest BCUT2D eigenvalue weighted by atomic mass is 31.2. The van der Waals surface area contributed by atoms with Gasteiger partial charge in [0, 0.05) is 0 Å². The van der Waals surface area contributed by atoms with Crippen molar-refractivity contribution in [2.75, 3.05) is 13.2 Å². The van der Waals surface area contributed by atoms with Crippen molar-refractivity contribution in [2.45, 2.75) is 18.3 Å². The smallest absolute Gasteiger partial charge is 0.394 e. The maximum atomic E-state index is 8.92. The summed E-state index contributed by atoms with van der Waals surface area (Å²) in [6, 6.07) is 0. The van der Waals surface area contributed by atoms with Gasteiger partial charge in [0.1, 0.15) is 18.3 Å². The average Bonchev–Trinajstić information content (AvgIpc) is 2.30. The Hall–Kier alpha value is -0.0500. The predicted molar refractivity (Wildman–Crippen MR) is 43.1 cm³/mol. The topological polar surface area (TPSA) is 148 Å². The standard InChI is InChI=1S/C5H10O4.H3O4P/c6-1-4-5(8)3(7)2-9-4;1-5(2,3)4/h3-8H,1-2H2;(H3,1,2,3,4)/t3-,4+,5-;/m0./s1. The molecule has 14 heavy (non-hydrogen) atoms. The maximum absolute atomic E-state index is 8.92. The van der Waals surface area contributed by atoms with Crippen LogP contribution in [0.25, 0.3) is 0 Å². The van der Waals surface area contributed by atoms with Crippen molar-refractivity contribution in [1.82, 2.24) is 0 Å². The number of aliphatic hydroxyl groups is 3. The van der Waals surface area contributed by atoms with Crippen molar-refractivity contribution in [3.63, 3.8) is 0 Å². The van der Waals surface area contributed by atoms with E-state index in [4.69, 9.17) is 39.3 Å². The maximum Gasteiger partial charge on any atom is 0.466 e. The molecule has 0 saturated carbocycles. The van der Waals surface area contributed by atoms with E-state index in [1.165, 1.54) is 0 Å². The first kappa shape index (κ1) is 13.9. The summed E-state index contributed by atoms with van der Waals surface area (Å²) in [5.41, 5.74) is 0. The molecule has 1 rings (SSSR count). The quantitative estimate of drug-likeness (QED) is 0.265. The molecule has 8 nitrogen and oxygen atoms in total. The Balaban J connectivity index is 0.000000292. The molecule has 1 saturated heterocycles. The summed E-state index contributed by atoms with van der Waals surface area (Å²) in [5, 5.41) is 26.2. The van der Waals surface area contributed by atoms with Gasteiger partial charge in [-0.1, -0.05) is 0 Å². The molecule has 0 unspecified atom stereocenters. The largest absolute Gasteiger partial charge is 0.466 e. The summed E-state index contributed by atoms with van der Waals surface area (Å²) in [7, 11) is -4.64. The van der Waals surface area contributed by atoms with Crippen molar-refractivity contribution < 1.29 is 39.3 Å². The van der Waals surface area contributed by atoms with Crippen molar-refractivity contribution in [1.29, 1.82) is 0 Å². The molecule has 9 heteroatoms. The van der Waals surface area contributed by atoms with E-state index in [-0.39, 0.29) is 13.2 Å². The van der Waals surface area contributed by atoms with Crippen LogP contribution in [0.1, 0.15) is 0 Å². The Morgan fingerprint density at radius 1 is 1.29 bits per heavy atom. The highest BCUT2D eigenvalue weighted by molar-refractivity contribution is 7.45. The van der Waals surface area contributed by atoms with E-state index >= 15 is 0 Å². The number of hydrogen-bond acceptors (Lipinski definition) is 5. The zero-order chi connectivity index (χ0) is 11.4. The van der Waals surface area contributed by atoms with E-state index in [1.54, 1.807) is 0 Å². The van der Waals surface area contributed by atoms with Crippen molar-refractivity contribution >= 4 is 7.82 Å². The lowest BCUT2D eigenvalue weighted by molar-refractivity contribution is -0.00588. The van der Waals surface area contributed by atoms with Crippen LogP contribution < -0.4 is 0 Å². The fourth-order valence-electron chi connectivity index (χ4n) is 0.828. The molecule has 0 amide bonds. The second-order valence-corrected chi connectivity index (χ2v) is 3.65. The lowest BCUT2D eigenvalue weighted by Gasteiger charge is -2.10. The third-order valence-corrected chi connectivity index (χ3v) is 1.44. The Kier molecular flexibility index (Phi) is 5.72.